The van der Waals surface area contributed by atoms with Gasteiger partial charge in [-0.2, -0.15) is 4.98 Å². The predicted octanol–water partition coefficient (Wildman–Crippen LogP) is 3.78. The smallest absolute Gasteiger partial charge is 0.259 e. The van der Waals surface area contributed by atoms with Crippen molar-refractivity contribution >= 4 is 33.9 Å². The Morgan fingerprint density at radius 2 is 2.11 bits per heavy atom. The van der Waals surface area contributed by atoms with Crippen LogP contribution >= 0.6 is 33.9 Å². The Morgan fingerprint density at radius 1 is 1.22 bits per heavy atom. The van der Waals surface area contributed by atoms with Gasteiger partial charge in [0.05, 0.1) is 8.45 Å². The quantitative estimate of drug-likeness (QED) is 0.698. The van der Waals surface area contributed by atoms with E-state index >= 15 is 0 Å². The molecule has 0 amide bonds. The highest BCUT2D eigenvalue weighted by molar-refractivity contribution is 14.1. The molecule has 18 heavy (non-hydrogen) atoms. The summed E-state index contributed by atoms with van der Waals surface area (Å²) in [5, 5.41) is 15.3. The molecule has 0 radical (unpaired) electrons. The lowest BCUT2D eigenvalue weighted by atomic mass is 10.2. The van der Waals surface area contributed by atoms with Crippen LogP contribution in [0.1, 0.15) is 0 Å². The molecule has 0 fully saturated rings. The lowest BCUT2D eigenvalue weighted by Crippen LogP contribution is -1.80. The second-order valence-corrected chi connectivity index (χ2v) is 6.42. The highest BCUT2D eigenvalue weighted by atomic mass is 127. The van der Waals surface area contributed by atoms with Crippen LogP contribution in [0.15, 0.2) is 40.2 Å². The molecule has 0 bridgehead atoms. The van der Waals surface area contributed by atoms with Gasteiger partial charge in [-0.3, -0.25) is 0 Å². The Morgan fingerprint density at radius 3 is 2.83 bits per heavy atom. The number of nitrogens with zero attached hydrogens (tertiary/aromatic N) is 2. The fourth-order valence-corrected chi connectivity index (χ4v) is 2.85. The molecule has 6 heteroatoms. The van der Waals surface area contributed by atoms with Crippen molar-refractivity contribution in [2.75, 3.05) is 0 Å². The van der Waals surface area contributed by atoms with Gasteiger partial charge in [-0.1, -0.05) is 17.3 Å². The first-order valence-electron chi connectivity index (χ1n) is 5.10. The molecule has 0 aliphatic heterocycles. The first kappa shape index (κ1) is 11.7. The minimum absolute atomic E-state index is 0.184. The van der Waals surface area contributed by atoms with Crippen molar-refractivity contribution in [1.29, 1.82) is 0 Å². The van der Waals surface area contributed by atoms with Crippen LogP contribution in [0.5, 0.6) is 5.75 Å². The summed E-state index contributed by atoms with van der Waals surface area (Å²) in [6.45, 7) is 0. The van der Waals surface area contributed by atoms with E-state index in [-0.39, 0.29) is 5.75 Å². The highest BCUT2D eigenvalue weighted by Gasteiger charge is 2.12. The molecule has 0 spiro atoms. The van der Waals surface area contributed by atoms with E-state index in [2.05, 4.69) is 32.7 Å². The van der Waals surface area contributed by atoms with Crippen molar-refractivity contribution in [3.8, 4) is 28.6 Å². The average molecular weight is 370 g/mol. The molecule has 2 aromatic heterocycles. The summed E-state index contributed by atoms with van der Waals surface area (Å²) in [7, 11) is 0. The maximum atomic E-state index is 9.42. The van der Waals surface area contributed by atoms with Gasteiger partial charge in [-0.05, 0) is 40.8 Å². The summed E-state index contributed by atoms with van der Waals surface area (Å²) < 4.78 is 6.39. The minimum atomic E-state index is 0.184. The number of hydrogen-bond acceptors (Lipinski definition) is 5. The molecule has 0 aliphatic rings. The van der Waals surface area contributed by atoms with Crippen LogP contribution in [0.4, 0.5) is 0 Å². The number of phenols is 1. The minimum Gasteiger partial charge on any atom is -0.508 e. The van der Waals surface area contributed by atoms with Crippen LogP contribution in [0, 0.1) is 2.88 Å². The van der Waals surface area contributed by atoms with E-state index < -0.39 is 0 Å². The molecular weight excluding hydrogens is 363 g/mol. The maximum Gasteiger partial charge on any atom is 0.259 e. The number of thiophene rings is 1. The summed E-state index contributed by atoms with van der Waals surface area (Å²) in [6.07, 6.45) is 0. The number of aromatic hydroxyl groups is 1. The van der Waals surface area contributed by atoms with E-state index in [9.17, 15) is 5.11 Å². The molecule has 2 heterocycles. The van der Waals surface area contributed by atoms with Gasteiger partial charge in [-0.15, -0.1) is 11.3 Å². The highest BCUT2D eigenvalue weighted by Crippen LogP contribution is 2.27. The van der Waals surface area contributed by atoms with Gasteiger partial charge in [0.1, 0.15) is 5.75 Å². The van der Waals surface area contributed by atoms with Gasteiger partial charge in [0.2, 0.25) is 5.82 Å². The topological polar surface area (TPSA) is 59.2 Å². The van der Waals surface area contributed by atoms with Crippen molar-refractivity contribution < 1.29 is 9.63 Å². The number of benzene rings is 1. The lowest BCUT2D eigenvalue weighted by molar-refractivity contribution is 0.432. The van der Waals surface area contributed by atoms with Crippen molar-refractivity contribution in [1.82, 2.24) is 10.1 Å². The molecule has 90 valence electrons. The average Bonchev–Trinajstić information content (AvgIpc) is 2.97. The Bertz CT molecular complexity index is 693. The van der Waals surface area contributed by atoms with E-state index in [0.29, 0.717) is 11.7 Å². The van der Waals surface area contributed by atoms with Crippen LogP contribution in [0.3, 0.4) is 0 Å². The van der Waals surface area contributed by atoms with Crippen molar-refractivity contribution in [3.05, 3.63) is 38.6 Å². The van der Waals surface area contributed by atoms with Gasteiger partial charge in [-0.25, -0.2) is 0 Å². The van der Waals surface area contributed by atoms with Crippen molar-refractivity contribution in [2.45, 2.75) is 0 Å². The molecule has 3 aromatic rings. The third-order valence-corrected chi connectivity index (χ3v) is 4.13. The predicted molar refractivity (Wildman–Crippen MR) is 77.4 cm³/mol. The molecule has 3 rings (SSSR count). The SMILES string of the molecule is Oc1cccc(-c2noc(-c3csc(I)c3)n2)c1. The number of aromatic nitrogens is 2. The molecular formula is C12H7IN2O2S. The van der Waals surface area contributed by atoms with Crippen molar-refractivity contribution in [3.63, 3.8) is 0 Å². The fourth-order valence-electron chi connectivity index (χ4n) is 1.53. The second kappa shape index (κ2) is 4.69. The summed E-state index contributed by atoms with van der Waals surface area (Å²) >= 11 is 3.87. The van der Waals surface area contributed by atoms with E-state index in [0.717, 1.165) is 11.1 Å². The number of hydrogen-bond donors (Lipinski definition) is 1. The number of phenolic OH excluding ortho intramolecular Hbond substituents is 1. The first-order valence-corrected chi connectivity index (χ1v) is 7.06. The van der Waals surface area contributed by atoms with E-state index in [1.54, 1.807) is 29.5 Å². The zero-order valence-electron chi connectivity index (χ0n) is 9.00. The zero-order valence-corrected chi connectivity index (χ0v) is 12.0. The van der Waals surface area contributed by atoms with Crippen molar-refractivity contribution in [2.24, 2.45) is 0 Å². The molecule has 0 saturated heterocycles. The summed E-state index contributed by atoms with van der Waals surface area (Å²) in [5.74, 6) is 1.15. The number of halogens is 1. The van der Waals surface area contributed by atoms with Gasteiger partial charge in [0.15, 0.2) is 0 Å². The Labute approximate surface area is 120 Å². The first-order chi connectivity index (χ1) is 8.72. The third-order valence-electron chi connectivity index (χ3n) is 2.34. The molecule has 0 saturated carbocycles. The maximum absolute atomic E-state index is 9.42. The molecule has 1 aromatic carbocycles. The van der Waals surface area contributed by atoms with Crippen LogP contribution in [0.2, 0.25) is 0 Å². The van der Waals surface area contributed by atoms with Crippen LogP contribution in [-0.4, -0.2) is 15.2 Å². The number of rotatable bonds is 2. The molecule has 0 atom stereocenters. The summed E-state index contributed by atoms with van der Waals surface area (Å²) in [5.41, 5.74) is 1.65. The third kappa shape index (κ3) is 2.25. The summed E-state index contributed by atoms with van der Waals surface area (Å²) in [4.78, 5) is 4.32. The van der Waals surface area contributed by atoms with E-state index in [4.69, 9.17) is 4.52 Å². The van der Waals surface area contributed by atoms with Gasteiger partial charge >= 0.3 is 0 Å². The monoisotopic (exact) mass is 370 g/mol. The van der Waals surface area contributed by atoms with Crippen LogP contribution in [-0.2, 0) is 0 Å². The van der Waals surface area contributed by atoms with Gasteiger partial charge < -0.3 is 9.63 Å². The molecule has 0 aliphatic carbocycles. The largest absolute Gasteiger partial charge is 0.508 e. The van der Waals surface area contributed by atoms with E-state index in [1.807, 2.05) is 17.5 Å². The summed E-state index contributed by atoms with van der Waals surface area (Å²) in [6, 6.07) is 8.77. The Kier molecular flexibility index (Phi) is 3.04. The Balaban J connectivity index is 1.99. The zero-order chi connectivity index (χ0) is 12.5. The lowest BCUT2D eigenvalue weighted by Gasteiger charge is -1.94. The normalized spacial score (nSPS) is 10.7. The van der Waals surface area contributed by atoms with E-state index in [1.165, 1.54) is 2.88 Å². The van der Waals surface area contributed by atoms with Crippen LogP contribution < -0.4 is 0 Å². The standard InChI is InChI=1S/C12H7IN2O2S/c13-10-5-8(6-18-10)12-14-11(15-17-12)7-2-1-3-9(16)4-7/h1-6,16H. The molecule has 1 N–H and O–H groups in total. The molecule has 0 unspecified atom stereocenters. The Hall–Kier alpha value is -1.41. The molecule has 4 nitrogen and oxygen atoms in total. The van der Waals surface area contributed by atoms with Gasteiger partial charge in [0, 0.05) is 10.9 Å². The second-order valence-electron chi connectivity index (χ2n) is 3.61. The van der Waals surface area contributed by atoms with Gasteiger partial charge in [0.25, 0.3) is 5.89 Å². The van der Waals surface area contributed by atoms with Crippen LogP contribution in [0.25, 0.3) is 22.8 Å². The fraction of sp³-hybridized carbons (Fsp3) is 0.